The Kier molecular flexibility index (Phi) is 12.6. The number of nitrogens with zero attached hydrogens (tertiary/aromatic N) is 2. The van der Waals surface area contributed by atoms with Crippen LogP contribution in [0.4, 0.5) is 9.18 Å². The molecule has 1 saturated carbocycles. The second kappa shape index (κ2) is 16.2. The smallest absolute Gasteiger partial charge is 0.494 e. The zero-order valence-corrected chi connectivity index (χ0v) is 22.6. The number of unbranched alkanes of at least 4 members (excludes halogenated alkanes) is 7. The molecule has 0 unspecified atom stereocenters. The molecule has 1 fully saturated rings. The quantitative estimate of drug-likeness (QED) is 0.102. The van der Waals surface area contributed by atoms with Crippen LogP contribution < -0.4 is 14.2 Å². The van der Waals surface area contributed by atoms with Crippen molar-refractivity contribution in [2.75, 3.05) is 6.61 Å². The monoisotopic (exact) mass is 514 g/mol. The van der Waals surface area contributed by atoms with Gasteiger partial charge in [-0.05, 0) is 62.3 Å². The molecule has 37 heavy (non-hydrogen) atoms. The molecule has 7 heteroatoms. The first-order valence-electron chi connectivity index (χ1n) is 14.2. The SMILES string of the molecule is CCCCCCCCOc1ccc(OC(=O)Oc2cnc(C3CCC(CCCCC)CC3)nc2F)cc1. The lowest BCUT2D eigenvalue weighted by Crippen LogP contribution is -2.18. The van der Waals surface area contributed by atoms with E-state index in [0.717, 1.165) is 44.4 Å². The van der Waals surface area contributed by atoms with Crippen molar-refractivity contribution in [3.63, 3.8) is 0 Å². The Hall–Kier alpha value is -2.70. The highest BCUT2D eigenvalue weighted by atomic mass is 19.1. The number of aromatic nitrogens is 2. The predicted molar refractivity (Wildman–Crippen MR) is 143 cm³/mol. The molecule has 204 valence electrons. The normalized spacial score (nSPS) is 17.4. The maximum atomic E-state index is 14.6. The van der Waals surface area contributed by atoms with Crippen molar-refractivity contribution in [1.29, 1.82) is 0 Å². The van der Waals surface area contributed by atoms with Gasteiger partial charge in [-0.1, -0.05) is 71.6 Å². The summed E-state index contributed by atoms with van der Waals surface area (Å²) in [5, 5.41) is 0. The molecule has 0 atom stereocenters. The molecule has 0 bridgehead atoms. The Morgan fingerprint density at radius 3 is 2.22 bits per heavy atom. The molecule has 1 aliphatic carbocycles. The standard InChI is InChI=1S/C30H43FN2O4/c1-3-5-7-8-9-11-21-35-25-17-19-26(20-18-25)36-30(34)37-27-22-32-29(33-28(27)31)24-15-13-23(14-16-24)12-10-6-4-2/h17-20,22-24H,3-16,21H2,1-2H3. The van der Waals surface area contributed by atoms with Crippen LogP contribution in [0.2, 0.25) is 0 Å². The van der Waals surface area contributed by atoms with Gasteiger partial charge in [0.2, 0.25) is 5.75 Å². The maximum absolute atomic E-state index is 14.6. The van der Waals surface area contributed by atoms with Gasteiger partial charge in [0.15, 0.2) is 0 Å². The molecule has 0 N–H and O–H groups in total. The zero-order valence-electron chi connectivity index (χ0n) is 22.6. The van der Waals surface area contributed by atoms with Gasteiger partial charge in [0.05, 0.1) is 12.8 Å². The van der Waals surface area contributed by atoms with E-state index >= 15 is 0 Å². The first kappa shape index (κ1) is 28.9. The van der Waals surface area contributed by atoms with E-state index in [0.29, 0.717) is 18.2 Å². The lowest BCUT2D eigenvalue weighted by Gasteiger charge is -2.27. The van der Waals surface area contributed by atoms with Gasteiger partial charge in [0, 0.05) is 5.92 Å². The molecule has 1 aromatic heterocycles. The highest BCUT2D eigenvalue weighted by Gasteiger charge is 2.25. The Morgan fingerprint density at radius 1 is 0.865 bits per heavy atom. The van der Waals surface area contributed by atoms with Gasteiger partial charge in [-0.2, -0.15) is 4.39 Å². The molecular weight excluding hydrogens is 471 g/mol. The third-order valence-electron chi connectivity index (χ3n) is 7.14. The van der Waals surface area contributed by atoms with Crippen LogP contribution in [0, 0.1) is 11.9 Å². The first-order chi connectivity index (χ1) is 18.1. The average molecular weight is 515 g/mol. The van der Waals surface area contributed by atoms with Gasteiger partial charge in [-0.15, -0.1) is 0 Å². The molecule has 0 spiro atoms. The van der Waals surface area contributed by atoms with E-state index in [1.807, 2.05) is 0 Å². The lowest BCUT2D eigenvalue weighted by atomic mass is 9.79. The van der Waals surface area contributed by atoms with Crippen LogP contribution in [0.5, 0.6) is 17.2 Å². The Bertz CT molecular complexity index is 930. The zero-order chi connectivity index (χ0) is 26.3. The second-order valence-electron chi connectivity index (χ2n) is 10.1. The summed E-state index contributed by atoms with van der Waals surface area (Å²) in [4.78, 5) is 20.5. The van der Waals surface area contributed by atoms with Gasteiger partial charge in [0.1, 0.15) is 17.3 Å². The summed E-state index contributed by atoms with van der Waals surface area (Å²) in [5.41, 5.74) is 0. The number of hydrogen-bond acceptors (Lipinski definition) is 6. The van der Waals surface area contributed by atoms with Crippen molar-refractivity contribution in [2.24, 2.45) is 5.92 Å². The minimum atomic E-state index is -1.04. The van der Waals surface area contributed by atoms with Crippen LogP contribution in [-0.4, -0.2) is 22.7 Å². The van der Waals surface area contributed by atoms with E-state index in [-0.39, 0.29) is 17.4 Å². The molecule has 2 aromatic rings. The van der Waals surface area contributed by atoms with Crippen LogP contribution in [0.1, 0.15) is 115 Å². The topological polar surface area (TPSA) is 70.5 Å². The number of carbonyl (C=O) groups is 1. The number of halogens is 1. The molecule has 1 aromatic carbocycles. The van der Waals surface area contributed by atoms with Gasteiger partial charge in [-0.3, -0.25) is 0 Å². The fourth-order valence-electron chi connectivity index (χ4n) is 4.90. The summed E-state index contributed by atoms with van der Waals surface area (Å²) < 4.78 is 30.5. The van der Waals surface area contributed by atoms with Crippen LogP contribution in [0.15, 0.2) is 30.5 Å². The largest absolute Gasteiger partial charge is 0.519 e. The Morgan fingerprint density at radius 2 is 1.51 bits per heavy atom. The van der Waals surface area contributed by atoms with Gasteiger partial charge in [-0.25, -0.2) is 14.8 Å². The van der Waals surface area contributed by atoms with E-state index in [9.17, 15) is 9.18 Å². The van der Waals surface area contributed by atoms with E-state index < -0.39 is 12.1 Å². The van der Waals surface area contributed by atoms with Crippen molar-refractivity contribution in [2.45, 2.75) is 110 Å². The highest BCUT2D eigenvalue weighted by Crippen LogP contribution is 2.37. The minimum absolute atomic E-state index is 0.153. The van der Waals surface area contributed by atoms with E-state index in [4.69, 9.17) is 14.2 Å². The third-order valence-corrected chi connectivity index (χ3v) is 7.14. The fraction of sp³-hybridized carbons (Fsp3) is 0.633. The van der Waals surface area contributed by atoms with Crippen molar-refractivity contribution in [3.05, 3.63) is 42.2 Å². The lowest BCUT2D eigenvalue weighted by molar-refractivity contribution is 0.149. The van der Waals surface area contributed by atoms with Crippen LogP contribution in [0.25, 0.3) is 0 Å². The molecular formula is C30H43FN2O4. The summed E-state index contributed by atoms with van der Waals surface area (Å²) in [5.74, 6) is 1.21. The molecule has 0 radical (unpaired) electrons. The Balaban J connectivity index is 1.39. The van der Waals surface area contributed by atoms with Crippen molar-refractivity contribution >= 4 is 6.16 Å². The van der Waals surface area contributed by atoms with Crippen molar-refractivity contribution < 1.29 is 23.4 Å². The summed E-state index contributed by atoms with van der Waals surface area (Å²) in [6.07, 6.45) is 16.7. The van der Waals surface area contributed by atoms with Gasteiger partial charge in [0.25, 0.3) is 5.95 Å². The van der Waals surface area contributed by atoms with Crippen molar-refractivity contribution in [3.8, 4) is 17.2 Å². The Labute approximate surface area is 221 Å². The number of rotatable bonds is 15. The van der Waals surface area contributed by atoms with Gasteiger partial charge < -0.3 is 14.2 Å². The number of benzene rings is 1. The van der Waals surface area contributed by atoms with Crippen molar-refractivity contribution in [1.82, 2.24) is 9.97 Å². The summed E-state index contributed by atoms with van der Waals surface area (Å²) >= 11 is 0. The second-order valence-corrected chi connectivity index (χ2v) is 10.1. The van der Waals surface area contributed by atoms with E-state index in [1.165, 1.54) is 57.6 Å². The molecule has 0 saturated heterocycles. The predicted octanol–water partition coefficient (Wildman–Crippen LogP) is 8.79. The highest BCUT2D eigenvalue weighted by molar-refractivity contribution is 5.66. The van der Waals surface area contributed by atoms with Crippen LogP contribution in [0.3, 0.4) is 0 Å². The summed E-state index contributed by atoms with van der Waals surface area (Å²) in [6, 6.07) is 6.70. The molecule has 0 amide bonds. The summed E-state index contributed by atoms with van der Waals surface area (Å²) in [6.45, 7) is 5.09. The number of ether oxygens (including phenoxy) is 3. The molecule has 1 heterocycles. The first-order valence-corrected chi connectivity index (χ1v) is 14.2. The average Bonchev–Trinajstić information content (AvgIpc) is 2.91. The third kappa shape index (κ3) is 10.3. The van der Waals surface area contributed by atoms with E-state index in [2.05, 4.69) is 23.8 Å². The fourth-order valence-corrected chi connectivity index (χ4v) is 4.90. The number of carbonyl (C=O) groups excluding carboxylic acids is 1. The molecule has 0 aliphatic heterocycles. The van der Waals surface area contributed by atoms with E-state index in [1.54, 1.807) is 24.3 Å². The van der Waals surface area contributed by atoms with Gasteiger partial charge >= 0.3 is 6.16 Å². The minimum Gasteiger partial charge on any atom is -0.494 e. The molecule has 3 rings (SSSR count). The molecule has 1 aliphatic rings. The summed E-state index contributed by atoms with van der Waals surface area (Å²) in [7, 11) is 0. The van der Waals surface area contributed by atoms with Crippen LogP contribution in [-0.2, 0) is 0 Å². The molecule has 6 nitrogen and oxygen atoms in total. The van der Waals surface area contributed by atoms with Crippen LogP contribution >= 0.6 is 0 Å². The maximum Gasteiger partial charge on any atom is 0.519 e. The number of hydrogen-bond donors (Lipinski definition) is 0.